The van der Waals surface area contributed by atoms with Crippen LogP contribution in [0.1, 0.15) is 12.8 Å². The van der Waals surface area contributed by atoms with Gasteiger partial charge in [-0.05, 0) is 61.4 Å². The average molecular weight is 466 g/mol. The monoisotopic (exact) mass is 465 g/mol. The lowest BCUT2D eigenvalue weighted by Gasteiger charge is -2.22. The van der Waals surface area contributed by atoms with Crippen LogP contribution in [0.5, 0.6) is 23.1 Å². The molecule has 4 rings (SSSR count). The zero-order valence-corrected chi connectivity index (χ0v) is 19.0. The van der Waals surface area contributed by atoms with E-state index >= 15 is 0 Å². The van der Waals surface area contributed by atoms with Crippen LogP contribution in [0, 0.1) is 0 Å². The fourth-order valence-electron chi connectivity index (χ4n) is 3.71. The second-order valence-corrected chi connectivity index (χ2v) is 7.70. The van der Waals surface area contributed by atoms with Crippen LogP contribution in [0.2, 0.25) is 0 Å². The van der Waals surface area contributed by atoms with Crippen molar-refractivity contribution in [3.63, 3.8) is 0 Å². The van der Waals surface area contributed by atoms with Crippen molar-refractivity contribution in [2.75, 3.05) is 37.9 Å². The molecule has 10 nitrogen and oxygen atoms in total. The Morgan fingerprint density at radius 2 is 1.71 bits per heavy atom. The number of amides is 1. The van der Waals surface area contributed by atoms with Crippen molar-refractivity contribution in [1.82, 2.24) is 14.9 Å². The van der Waals surface area contributed by atoms with Crippen molar-refractivity contribution in [3.05, 3.63) is 54.7 Å². The minimum Gasteiger partial charge on any atom is -0.497 e. The molecule has 0 unspecified atom stereocenters. The number of aromatic nitrogens is 2. The molecule has 1 atom stereocenters. The van der Waals surface area contributed by atoms with Crippen LogP contribution < -0.4 is 24.8 Å². The summed E-state index contributed by atoms with van der Waals surface area (Å²) in [5, 5.41) is 15.8. The Balaban J connectivity index is 1.54. The summed E-state index contributed by atoms with van der Waals surface area (Å²) in [6.45, 7) is 0.970. The molecule has 2 aromatic carbocycles. The van der Waals surface area contributed by atoms with Gasteiger partial charge < -0.3 is 34.9 Å². The van der Waals surface area contributed by atoms with Crippen molar-refractivity contribution in [2.45, 2.75) is 18.9 Å². The van der Waals surface area contributed by atoms with Gasteiger partial charge in [0, 0.05) is 18.8 Å². The molecule has 1 aliphatic rings. The molecule has 34 heavy (non-hydrogen) atoms. The van der Waals surface area contributed by atoms with Gasteiger partial charge in [0.05, 0.1) is 26.5 Å². The van der Waals surface area contributed by atoms with E-state index in [2.05, 4.69) is 20.6 Å². The Morgan fingerprint density at radius 3 is 2.35 bits per heavy atom. The topological polar surface area (TPSA) is 118 Å². The molecule has 1 aliphatic heterocycles. The normalized spacial score (nSPS) is 15.0. The molecule has 178 valence electrons. The predicted molar refractivity (Wildman–Crippen MR) is 128 cm³/mol. The summed E-state index contributed by atoms with van der Waals surface area (Å²) in [5.74, 6) is 2.70. The molecule has 1 fully saturated rings. The third-order valence-corrected chi connectivity index (χ3v) is 5.52. The van der Waals surface area contributed by atoms with E-state index in [-0.39, 0.29) is 6.04 Å². The number of ether oxygens (including phenoxy) is 3. The second kappa shape index (κ2) is 10.6. The number of benzene rings is 2. The van der Waals surface area contributed by atoms with E-state index in [1.165, 1.54) is 4.90 Å². The molecule has 0 aliphatic carbocycles. The largest absolute Gasteiger partial charge is 0.497 e. The minimum absolute atomic E-state index is 0.122. The van der Waals surface area contributed by atoms with Crippen molar-refractivity contribution in [1.29, 1.82) is 0 Å². The first-order chi connectivity index (χ1) is 16.6. The number of hydrogen-bond acceptors (Lipinski definition) is 8. The summed E-state index contributed by atoms with van der Waals surface area (Å²) in [5.41, 5.74) is 1.35. The average Bonchev–Trinajstić information content (AvgIpc) is 3.34. The van der Waals surface area contributed by atoms with Gasteiger partial charge in [-0.25, -0.2) is 9.78 Å². The van der Waals surface area contributed by atoms with Gasteiger partial charge in [0.15, 0.2) is 0 Å². The highest BCUT2D eigenvalue weighted by Crippen LogP contribution is 2.30. The maximum Gasteiger partial charge on any atom is 0.407 e. The first-order valence-electron chi connectivity index (χ1n) is 10.9. The molecule has 3 N–H and O–H groups in total. The van der Waals surface area contributed by atoms with Gasteiger partial charge in [-0.15, -0.1) is 0 Å². The van der Waals surface area contributed by atoms with E-state index < -0.39 is 6.09 Å². The van der Waals surface area contributed by atoms with E-state index in [1.54, 1.807) is 44.7 Å². The molecular formula is C24H27N5O5. The number of rotatable bonds is 9. The predicted octanol–water partition coefficient (Wildman–Crippen LogP) is 4.58. The van der Waals surface area contributed by atoms with Gasteiger partial charge in [-0.1, -0.05) is 0 Å². The van der Waals surface area contributed by atoms with Crippen LogP contribution in [-0.2, 0) is 0 Å². The highest BCUT2D eigenvalue weighted by molar-refractivity contribution is 5.66. The summed E-state index contributed by atoms with van der Waals surface area (Å²) in [6.07, 6.45) is 2.35. The van der Waals surface area contributed by atoms with Crippen LogP contribution in [0.15, 0.2) is 54.7 Å². The van der Waals surface area contributed by atoms with Crippen LogP contribution in [0.3, 0.4) is 0 Å². The van der Waals surface area contributed by atoms with Crippen LogP contribution in [0.25, 0.3) is 0 Å². The lowest BCUT2D eigenvalue weighted by Crippen LogP contribution is -2.38. The Kier molecular flexibility index (Phi) is 7.16. The summed E-state index contributed by atoms with van der Waals surface area (Å²) in [6, 6.07) is 14.4. The number of hydrogen-bond donors (Lipinski definition) is 3. The van der Waals surface area contributed by atoms with Gasteiger partial charge >= 0.3 is 6.09 Å². The summed E-state index contributed by atoms with van der Waals surface area (Å²) in [7, 11) is 3.21. The lowest BCUT2D eigenvalue weighted by atomic mass is 10.2. The Labute approximate surface area is 197 Å². The van der Waals surface area contributed by atoms with Crippen molar-refractivity contribution in [3.8, 4) is 23.1 Å². The number of nitrogens with zero attached hydrogens (tertiary/aromatic N) is 3. The third-order valence-electron chi connectivity index (χ3n) is 5.52. The smallest absolute Gasteiger partial charge is 0.407 e. The maximum atomic E-state index is 11.5. The van der Waals surface area contributed by atoms with E-state index in [4.69, 9.17) is 14.2 Å². The van der Waals surface area contributed by atoms with Gasteiger partial charge in [-0.3, -0.25) is 0 Å². The fraction of sp³-hybridized carbons (Fsp3) is 0.292. The molecule has 0 spiro atoms. The van der Waals surface area contributed by atoms with Gasteiger partial charge in [0.25, 0.3) is 0 Å². The Hall–Kier alpha value is -4.21. The number of carboxylic acid groups (broad SMARTS) is 1. The zero-order chi connectivity index (χ0) is 23.9. The molecule has 1 saturated heterocycles. The molecule has 1 amide bonds. The Bertz CT molecular complexity index is 1110. The molecule has 0 bridgehead atoms. The number of methoxy groups -OCH3 is 2. The third kappa shape index (κ3) is 5.58. The van der Waals surface area contributed by atoms with E-state index in [1.807, 2.05) is 24.3 Å². The quantitative estimate of drug-likeness (QED) is 0.417. The second-order valence-electron chi connectivity index (χ2n) is 7.70. The summed E-state index contributed by atoms with van der Waals surface area (Å²) >= 11 is 0. The minimum atomic E-state index is -0.908. The fourth-order valence-corrected chi connectivity index (χ4v) is 3.71. The molecule has 0 radical (unpaired) electrons. The van der Waals surface area contributed by atoms with Gasteiger partial charge in [0.2, 0.25) is 11.8 Å². The van der Waals surface area contributed by atoms with E-state index in [9.17, 15) is 9.90 Å². The highest BCUT2D eigenvalue weighted by Gasteiger charge is 2.28. The lowest BCUT2D eigenvalue weighted by molar-refractivity contribution is 0.142. The maximum absolute atomic E-state index is 11.5. The van der Waals surface area contributed by atoms with Gasteiger partial charge in [0.1, 0.15) is 22.9 Å². The first-order valence-corrected chi connectivity index (χ1v) is 10.9. The number of carbonyl (C=O) groups is 1. The highest BCUT2D eigenvalue weighted by atomic mass is 16.5. The van der Waals surface area contributed by atoms with Crippen LogP contribution in [-0.4, -0.2) is 59.4 Å². The number of anilines is 3. The van der Waals surface area contributed by atoms with E-state index in [0.29, 0.717) is 42.1 Å². The van der Waals surface area contributed by atoms with Crippen molar-refractivity contribution < 1.29 is 24.1 Å². The number of likely N-dealkylation sites (tertiary alicyclic amines) is 1. The first kappa shape index (κ1) is 23.0. The standard InChI is InChI=1S/C24H27N5O5/c1-32-18-7-5-16(6-8-18)27-23-26-15-21(25-14-17-4-3-13-29(17)24(30)31)22(28-23)34-20-11-9-19(33-2)10-12-20/h5-12,15,17,25H,3-4,13-14H2,1-2H3,(H,30,31)(H,26,27,28)/t17-/m0/s1. The zero-order valence-electron chi connectivity index (χ0n) is 19.0. The van der Waals surface area contributed by atoms with Crippen LogP contribution >= 0.6 is 0 Å². The number of nitrogens with one attached hydrogen (secondary N) is 2. The van der Waals surface area contributed by atoms with Crippen molar-refractivity contribution in [2.24, 2.45) is 0 Å². The molecule has 3 aromatic rings. The summed E-state index contributed by atoms with van der Waals surface area (Å²) in [4.78, 5) is 21.9. The SMILES string of the molecule is COc1ccc(Nc2ncc(NC[C@@H]3CCCN3C(=O)O)c(Oc3ccc(OC)cc3)n2)cc1. The summed E-state index contributed by atoms with van der Waals surface area (Å²) < 4.78 is 16.5. The molecule has 2 heterocycles. The van der Waals surface area contributed by atoms with E-state index in [0.717, 1.165) is 24.3 Å². The van der Waals surface area contributed by atoms with Crippen molar-refractivity contribution >= 4 is 23.4 Å². The molecular weight excluding hydrogens is 438 g/mol. The van der Waals surface area contributed by atoms with Gasteiger partial charge in [-0.2, -0.15) is 4.98 Å². The molecule has 0 saturated carbocycles. The van der Waals surface area contributed by atoms with Crippen LogP contribution in [0.4, 0.5) is 22.1 Å². The molecule has 10 heteroatoms. The Morgan fingerprint density at radius 1 is 1.06 bits per heavy atom. The molecule has 1 aromatic heterocycles.